The second kappa shape index (κ2) is 3.47. The predicted octanol–water partition coefficient (Wildman–Crippen LogP) is 3.74. The van der Waals surface area contributed by atoms with Gasteiger partial charge in [0.25, 0.3) is 0 Å². The van der Waals surface area contributed by atoms with Gasteiger partial charge in [0.2, 0.25) is 0 Å². The zero-order valence-corrected chi connectivity index (χ0v) is 10.4. The van der Waals surface area contributed by atoms with Gasteiger partial charge in [-0.2, -0.15) is 0 Å². The Labute approximate surface area is 92.9 Å². The van der Waals surface area contributed by atoms with Crippen LogP contribution in [0.2, 0.25) is 0 Å². The van der Waals surface area contributed by atoms with Crippen molar-refractivity contribution in [2.24, 2.45) is 17.3 Å². The minimum Gasteiger partial charge on any atom is -0.299 e. The van der Waals surface area contributed by atoms with Gasteiger partial charge in [-0.3, -0.25) is 4.79 Å². The van der Waals surface area contributed by atoms with Gasteiger partial charge >= 0.3 is 0 Å². The van der Waals surface area contributed by atoms with Gasteiger partial charge in [-0.25, -0.2) is 0 Å². The fraction of sp³-hybridized carbons (Fsp3) is 0.786. The lowest BCUT2D eigenvalue weighted by Crippen LogP contribution is -2.45. The Balaban J connectivity index is 2.34. The summed E-state index contributed by atoms with van der Waals surface area (Å²) in [6, 6.07) is 0. The highest BCUT2D eigenvalue weighted by Crippen LogP contribution is 2.50. The predicted molar refractivity (Wildman–Crippen MR) is 62.6 cm³/mol. The summed E-state index contributed by atoms with van der Waals surface area (Å²) in [5, 5.41) is 0. The summed E-state index contributed by atoms with van der Waals surface area (Å²) in [6.45, 7) is 8.73. The van der Waals surface area contributed by atoms with Crippen molar-refractivity contribution in [3.05, 3.63) is 11.1 Å². The zero-order chi connectivity index (χ0) is 11.2. The smallest absolute Gasteiger partial charge is 0.142 e. The standard InChI is InChI=1S/C14H22O/c1-9-5-6-12-7-10(2)11(3)8-14(12,4)13(9)15/h9,12H,5-8H2,1-4H3. The van der Waals surface area contributed by atoms with Crippen LogP contribution in [0.1, 0.15) is 53.4 Å². The molecule has 0 aromatic rings. The molecule has 0 aromatic heterocycles. The highest BCUT2D eigenvalue weighted by atomic mass is 16.1. The van der Waals surface area contributed by atoms with Crippen molar-refractivity contribution in [2.75, 3.05) is 0 Å². The lowest BCUT2D eigenvalue weighted by Gasteiger charge is -2.46. The van der Waals surface area contributed by atoms with E-state index < -0.39 is 0 Å². The van der Waals surface area contributed by atoms with Gasteiger partial charge in [0.15, 0.2) is 0 Å². The van der Waals surface area contributed by atoms with E-state index in [2.05, 4.69) is 27.7 Å². The quantitative estimate of drug-likeness (QED) is 0.552. The average Bonchev–Trinajstić information content (AvgIpc) is 2.18. The second-order valence-corrected chi connectivity index (χ2v) is 5.90. The first-order chi connectivity index (χ1) is 6.95. The summed E-state index contributed by atoms with van der Waals surface area (Å²) in [5.41, 5.74) is 2.94. The number of rotatable bonds is 0. The molecule has 2 aliphatic carbocycles. The number of hydrogen-bond acceptors (Lipinski definition) is 1. The van der Waals surface area contributed by atoms with Gasteiger partial charge in [-0.1, -0.05) is 25.0 Å². The molecule has 2 aliphatic rings. The van der Waals surface area contributed by atoms with Crippen LogP contribution in [0.25, 0.3) is 0 Å². The number of fused-ring (bicyclic) bond motifs is 1. The maximum Gasteiger partial charge on any atom is 0.142 e. The van der Waals surface area contributed by atoms with Crippen LogP contribution in [0.15, 0.2) is 11.1 Å². The van der Waals surface area contributed by atoms with E-state index in [1.165, 1.54) is 17.6 Å². The first-order valence-corrected chi connectivity index (χ1v) is 6.14. The Bertz CT molecular complexity index is 326. The molecule has 0 aromatic carbocycles. The van der Waals surface area contributed by atoms with Crippen LogP contribution in [0.4, 0.5) is 0 Å². The van der Waals surface area contributed by atoms with Gasteiger partial charge in [0, 0.05) is 11.3 Å². The van der Waals surface area contributed by atoms with Crippen LogP contribution in [0, 0.1) is 17.3 Å². The van der Waals surface area contributed by atoms with Gasteiger partial charge in [-0.15, -0.1) is 0 Å². The number of hydrogen-bond donors (Lipinski definition) is 0. The summed E-state index contributed by atoms with van der Waals surface area (Å²) < 4.78 is 0. The van der Waals surface area contributed by atoms with Crippen molar-refractivity contribution in [1.29, 1.82) is 0 Å². The van der Waals surface area contributed by atoms with Gasteiger partial charge in [0.1, 0.15) is 5.78 Å². The molecule has 0 bridgehead atoms. The van der Waals surface area contributed by atoms with Crippen LogP contribution in [0.5, 0.6) is 0 Å². The van der Waals surface area contributed by atoms with E-state index in [0.717, 1.165) is 19.3 Å². The van der Waals surface area contributed by atoms with E-state index in [0.29, 0.717) is 11.7 Å². The van der Waals surface area contributed by atoms with E-state index in [1.807, 2.05) is 0 Å². The third kappa shape index (κ3) is 1.56. The van der Waals surface area contributed by atoms with E-state index in [9.17, 15) is 4.79 Å². The molecule has 84 valence electrons. The van der Waals surface area contributed by atoms with E-state index in [4.69, 9.17) is 0 Å². The molecule has 3 atom stereocenters. The Hall–Kier alpha value is -0.590. The van der Waals surface area contributed by atoms with Crippen molar-refractivity contribution < 1.29 is 4.79 Å². The fourth-order valence-corrected chi connectivity index (χ4v) is 3.47. The van der Waals surface area contributed by atoms with E-state index >= 15 is 0 Å². The van der Waals surface area contributed by atoms with E-state index in [1.54, 1.807) is 0 Å². The van der Waals surface area contributed by atoms with Gasteiger partial charge in [-0.05, 0) is 45.4 Å². The number of carbonyl (C=O) groups is 1. The molecule has 3 unspecified atom stereocenters. The molecule has 1 nitrogen and oxygen atoms in total. The van der Waals surface area contributed by atoms with E-state index in [-0.39, 0.29) is 11.3 Å². The molecule has 15 heavy (non-hydrogen) atoms. The molecule has 0 radical (unpaired) electrons. The molecule has 0 amide bonds. The number of ketones is 1. The number of allylic oxidation sites excluding steroid dienone is 2. The van der Waals surface area contributed by atoms with Crippen molar-refractivity contribution in [2.45, 2.75) is 53.4 Å². The maximum atomic E-state index is 12.3. The van der Waals surface area contributed by atoms with Crippen molar-refractivity contribution in [3.8, 4) is 0 Å². The minimum atomic E-state index is -0.0404. The molecular formula is C14H22O. The average molecular weight is 206 g/mol. The third-order valence-corrected chi connectivity index (χ3v) is 4.77. The van der Waals surface area contributed by atoms with Crippen molar-refractivity contribution in [1.82, 2.24) is 0 Å². The SMILES string of the molecule is CC1=C(C)CC2(C)C(=O)C(C)CCC2C1. The van der Waals surface area contributed by atoms with Gasteiger partial charge in [0.05, 0.1) is 0 Å². The number of Topliss-reactive ketones (excluding diaryl/α,β-unsaturated/α-hetero) is 1. The van der Waals surface area contributed by atoms with Crippen LogP contribution >= 0.6 is 0 Å². The number of carbonyl (C=O) groups excluding carboxylic acids is 1. The molecular weight excluding hydrogens is 184 g/mol. The molecule has 0 N–H and O–H groups in total. The van der Waals surface area contributed by atoms with Crippen LogP contribution in [0.3, 0.4) is 0 Å². The highest BCUT2D eigenvalue weighted by Gasteiger charge is 2.47. The molecule has 0 saturated heterocycles. The molecule has 1 fully saturated rings. The minimum absolute atomic E-state index is 0.0404. The lowest BCUT2D eigenvalue weighted by molar-refractivity contribution is -0.139. The molecule has 1 saturated carbocycles. The summed E-state index contributed by atoms with van der Waals surface area (Å²) >= 11 is 0. The summed E-state index contributed by atoms with van der Waals surface area (Å²) in [7, 11) is 0. The fourth-order valence-electron chi connectivity index (χ4n) is 3.47. The Morgan fingerprint density at radius 3 is 2.53 bits per heavy atom. The largest absolute Gasteiger partial charge is 0.299 e. The normalized spacial score (nSPS) is 41.7. The molecule has 1 heteroatoms. The zero-order valence-electron chi connectivity index (χ0n) is 10.4. The third-order valence-electron chi connectivity index (χ3n) is 4.77. The Morgan fingerprint density at radius 1 is 1.20 bits per heavy atom. The van der Waals surface area contributed by atoms with Crippen molar-refractivity contribution in [3.63, 3.8) is 0 Å². The van der Waals surface area contributed by atoms with Crippen LogP contribution in [-0.4, -0.2) is 5.78 Å². The molecule has 2 rings (SSSR count). The second-order valence-electron chi connectivity index (χ2n) is 5.90. The molecule has 0 spiro atoms. The maximum absolute atomic E-state index is 12.3. The van der Waals surface area contributed by atoms with Crippen LogP contribution < -0.4 is 0 Å². The molecule has 0 heterocycles. The summed E-state index contributed by atoms with van der Waals surface area (Å²) in [5.74, 6) is 1.42. The van der Waals surface area contributed by atoms with Gasteiger partial charge < -0.3 is 0 Å². The summed E-state index contributed by atoms with van der Waals surface area (Å²) in [6.07, 6.45) is 4.51. The topological polar surface area (TPSA) is 17.1 Å². The van der Waals surface area contributed by atoms with Crippen molar-refractivity contribution >= 4 is 5.78 Å². The molecule has 0 aliphatic heterocycles. The first kappa shape index (κ1) is 10.9. The summed E-state index contributed by atoms with van der Waals surface area (Å²) in [4.78, 5) is 12.3. The Morgan fingerprint density at radius 2 is 1.87 bits per heavy atom. The Kier molecular flexibility index (Phi) is 2.52. The highest BCUT2D eigenvalue weighted by molar-refractivity contribution is 5.88. The monoisotopic (exact) mass is 206 g/mol. The van der Waals surface area contributed by atoms with Crippen LogP contribution in [-0.2, 0) is 4.79 Å². The first-order valence-electron chi connectivity index (χ1n) is 6.14. The lowest BCUT2D eigenvalue weighted by atomic mass is 9.57.